The Morgan fingerprint density at radius 1 is 0.778 bits per heavy atom. The molecule has 0 radical (unpaired) electrons. The second kappa shape index (κ2) is 6.12. The SMILES string of the molecule is OC1c2ccccc2-c2sc(-c3ccccc3)cc2-c2c1ccc(F)c2F. The van der Waals surface area contributed by atoms with Crippen LogP contribution in [0.1, 0.15) is 17.2 Å². The highest BCUT2D eigenvalue weighted by molar-refractivity contribution is 7.19. The zero-order chi connectivity index (χ0) is 18.5. The minimum absolute atomic E-state index is 0.145. The van der Waals surface area contributed by atoms with Crippen molar-refractivity contribution in [2.45, 2.75) is 6.10 Å². The van der Waals surface area contributed by atoms with Crippen molar-refractivity contribution in [1.29, 1.82) is 0 Å². The molecule has 27 heavy (non-hydrogen) atoms. The Bertz CT molecular complexity index is 1160. The summed E-state index contributed by atoms with van der Waals surface area (Å²) in [5.74, 6) is -1.83. The maximum atomic E-state index is 14.9. The molecular formula is C23H14F2OS. The fraction of sp³-hybridized carbons (Fsp3) is 0.0435. The van der Waals surface area contributed by atoms with Crippen LogP contribution in [0, 0.1) is 11.6 Å². The Hall–Kier alpha value is -2.82. The van der Waals surface area contributed by atoms with Crippen molar-refractivity contribution in [2.24, 2.45) is 0 Å². The molecule has 1 aliphatic carbocycles. The molecule has 1 aliphatic rings. The molecule has 1 unspecified atom stereocenters. The summed E-state index contributed by atoms with van der Waals surface area (Å²) in [7, 11) is 0. The van der Waals surface area contributed by atoms with Gasteiger partial charge in [0.05, 0.1) is 0 Å². The van der Waals surface area contributed by atoms with Crippen LogP contribution in [0.25, 0.3) is 32.0 Å². The van der Waals surface area contributed by atoms with Crippen molar-refractivity contribution in [3.05, 3.63) is 95.6 Å². The number of aliphatic hydroxyl groups is 1. The van der Waals surface area contributed by atoms with Gasteiger partial charge >= 0.3 is 0 Å². The standard InChI is InChI=1S/C23H14F2OS/c24-18-11-10-16-20(21(18)25)17-12-19(13-6-2-1-3-7-13)27-23(17)15-9-5-4-8-14(15)22(16)26/h1-12,22,26H. The van der Waals surface area contributed by atoms with Crippen molar-refractivity contribution >= 4 is 11.3 Å². The average Bonchev–Trinajstić information content (AvgIpc) is 3.11. The van der Waals surface area contributed by atoms with Crippen LogP contribution in [0.3, 0.4) is 0 Å². The first kappa shape index (κ1) is 16.4. The van der Waals surface area contributed by atoms with E-state index in [1.807, 2.05) is 60.7 Å². The molecule has 4 aromatic rings. The van der Waals surface area contributed by atoms with Gasteiger partial charge in [0.15, 0.2) is 11.6 Å². The molecule has 1 nitrogen and oxygen atoms in total. The maximum absolute atomic E-state index is 14.9. The summed E-state index contributed by atoms with van der Waals surface area (Å²) in [5.41, 5.74) is 3.72. The minimum Gasteiger partial charge on any atom is -0.384 e. The Balaban J connectivity index is 1.88. The largest absolute Gasteiger partial charge is 0.384 e. The lowest BCUT2D eigenvalue weighted by molar-refractivity contribution is 0.221. The summed E-state index contributed by atoms with van der Waals surface area (Å²) in [5, 5.41) is 10.9. The van der Waals surface area contributed by atoms with Gasteiger partial charge in [-0.05, 0) is 34.4 Å². The van der Waals surface area contributed by atoms with Gasteiger partial charge in [-0.3, -0.25) is 0 Å². The lowest BCUT2D eigenvalue weighted by Gasteiger charge is -2.15. The lowest BCUT2D eigenvalue weighted by atomic mass is 9.95. The third-order valence-electron chi connectivity index (χ3n) is 4.98. The Morgan fingerprint density at radius 3 is 2.33 bits per heavy atom. The summed E-state index contributed by atoms with van der Waals surface area (Å²) in [4.78, 5) is 1.81. The first-order chi connectivity index (χ1) is 13.1. The number of aliphatic hydroxyl groups excluding tert-OH is 1. The van der Waals surface area contributed by atoms with Crippen molar-refractivity contribution in [3.8, 4) is 32.0 Å². The summed E-state index contributed by atoms with van der Waals surface area (Å²) < 4.78 is 28.9. The normalized spacial score (nSPS) is 14.9. The van der Waals surface area contributed by atoms with E-state index in [0.29, 0.717) is 16.7 Å². The van der Waals surface area contributed by atoms with Gasteiger partial charge in [0.1, 0.15) is 6.10 Å². The summed E-state index contributed by atoms with van der Waals surface area (Å²) in [6.45, 7) is 0. The monoisotopic (exact) mass is 376 g/mol. The van der Waals surface area contributed by atoms with E-state index in [9.17, 15) is 13.9 Å². The second-order valence-corrected chi connectivity index (χ2v) is 7.59. The highest BCUT2D eigenvalue weighted by Gasteiger charge is 2.30. The highest BCUT2D eigenvalue weighted by Crippen LogP contribution is 2.51. The van der Waals surface area contributed by atoms with E-state index < -0.39 is 17.7 Å². The van der Waals surface area contributed by atoms with Crippen molar-refractivity contribution in [2.75, 3.05) is 0 Å². The fourth-order valence-electron chi connectivity index (χ4n) is 3.70. The first-order valence-electron chi connectivity index (χ1n) is 8.60. The molecule has 1 aromatic heterocycles. The smallest absolute Gasteiger partial charge is 0.167 e. The number of rotatable bonds is 1. The number of thiophene rings is 1. The molecule has 0 fully saturated rings. The van der Waals surface area contributed by atoms with E-state index in [1.165, 1.54) is 17.4 Å². The minimum atomic E-state index is -1.01. The summed E-state index contributed by atoms with van der Waals surface area (Å²) in [6, 6.07) is 21.8. The Kier molecular flexibility index (Phi) is 3.71. The summed E-state index contributed by atoms with van der Waals surface area (Å²) in [6.07, 6.45) is -1.01. The molecule has 0 bridgehead atoms. The van der Waals surface area contributed by atoms with Crippen LogP contribution in [0.15, 0.2) is 72.8 Å². The number of benzene rings is 3. The number of hydrogen-bond donors (Lipinski definition) is 1. The van der Waals surface area contributed by atoms with Gasteiger partial charge in [0, 0.05) is 20.9 Å². The van der Waals surface area contributed by atoms with Crippen LogP contribution >= 0.6 is 11.3 Å². The van der Waals surface area contributed by atoms with Gasteiger partial charge in [-0.1, -0.05) is 60.7 Å². The average molecular weight is 376 g/mol. The van der Waals surface area contributed by atoms with E-state index in [1.54, 1.807) is 0 Å². The molecule has 0 saturated heterocycles. The predicted molar refractivity (Wildman–Crippen MR) is 105 cm³/mol. The fourth-order valence-corrected chi connectivity index (χ4v) is 4.92. The molecule has 1 heterocycles. The molecular weight excluding hydrogens is 362 g/mol. The van der Waals surface area contributed by atoms with E-state index in [0.717, 1.165) is 26.9 Å². The third kappa shape index (κ3) is 2.45. The molecule has 4 heteroatoms. The molecule has 0 aliphatic heterocycles. The van der Waals surface area contributed by atoms with E-state index >= 15 is 0 Å². The van der Waals surface area contributed by atoms with Gasteiger partial charge in [-0.15, -0.1) is 11.3 Å². The van der Waals surface area contributed by atoms with Gasteiger partial charge in [-0.2, -0.15) is 0 Å². The molecule has 3 aromatic carbocycles. The number of fused-ring (bicyclic) bond motifs is 5. The number of halogens is 2. The van der Waals surface area contributed by atoms with Crippen LogP contribution in [-0.4, -0.2) is 5.11 Å². The second-order valence-electron chi connectivity index (χ2n) is 6.53. The van der Waals surface area contributed by atoms with E-state index in [-0.39, 0.29) is 5.56 Å². The molecule has 5 rings (SSSR count). The maximum Gasteiger partial charge on any atom is 0.167 e. The molecule has 1 N–H and O–H groups in total. The van der Waals surface area contributed by atoms with Gasteiger partial charge in [-0.25, -0.2) is 8.78 Å². The van der Waals surface area contributed by atoms with Crippen LogP contribution in [0.2, 0.25) is 0 Å². The van der Waals surface area contributed by atoms with Crippen molar-refractivity contribution in [1.82, 2.24) is 0 Å². The van der Waals surface area contributed by atoms with Crippen molar-refractivity contribution in [3.63, 3.8) is 0 Å². The van der Waals surface area contributed by atoms with Crippen LogP contribution < -0.4 is 0 Å². The zero-order valence-corrected chi connectivity index (χ0v) is 14.9. The summed E-state index contributed by atoms with van der Waals surface area (Å²) >= 11 is 1.52. The molecule has 0 amide bonds. The zero-order valence-electron chi connectivity index (χ0n) is 14.1. The number of hydrogen-bond acceptors (Lipinski definition) is 2. The Labute approximate surface area is 159 Å². The van der Waals surface area contributed by atoms with E-state index in [4.69, 9.17) is 0 Å². The van der Waals surface area contributed by atoms with E-state index in [2.05, 4.69) is 0 Å². The van der Waals surface area contributed by atoms with Crippen molar-refractivity contribution < 1.29 is 13.9 Å². The molecule has 0 spiro atoms. The van der Waals surface area contributed by atoms with Crippen LogP contribution in [0.4, 0.5) is 8.78 Å². The topological polar surface area (TPSA) is 20.2 Å². The Morgan fingerprint density at radius 2 is 1.52 bits per heavy atom. The predicted octanol–water partition coefficient (Wildman–Crippen LogP) is 6.42. The highest BCUT2D eigenvalue weighted by atomic mass is 32.1. The molecule has 1 atom stereocenters. The van der Waals surface area contributed by atoms with Crippen LogP contribution in [0.5, 0.6) is 0 Å². The van der Waals surface area contributed by atoms with Gasteiger partial charge in [0.25, 0.3) is 0 Å². The lowest BCUT2D eigenvalue weighted by Crippen LogP contribution is -2.03. The third-order valence-corrected chi connectivity index (χ3v) is 6.20. The molecule has 132 valence electrons. The molecule has 0 saturated carbocycles. The quantitative estimate of drug-likeness (QED) is 0.406. The first-order valence-corrected chi connectivity index (χ1v) is 9.41. The van der Waals surface area contributed by atoms with Gasteiger partial charge < -0.3 is 5.11 Å². The van der Waals surface area contributed by atoms with Gasteiger partial charge in [0.2, 0.25) is 0 Å². The van der Waals surface area contributed by atoms with Crippen LogP contribution in [-0.2, 0) is 0 Å².